The maximum atomic E-state index is 12.9. The molecule has 3 rings (SSSR count). The number of alkyl halides is 3. The summed E-state index contributed by atoms with van der Waals surface area (Å²) in [6.07, 6.45) is -3.34. The fraction of sp³-hybridized carbons (Fsp3) is 0.438. The Morgan fingerprint density at radius 2 is 1.70 bits per heavy atom. The zero-order valence-electron chi connectivity index (χ0n) is 14.3. The number of rotatable bonds is 4. The third-order valence-electron chi connectivity index (χ3n) is 4.56. The van der Waals surface area contributed by atoms with E-state index in [0.717, 1.165) is 11.3 Å². The van der Waals surface area contributed by atoms with E-state index in [1.54, 1.807) is 5.38 Å². The molecule has 1 atom stereocenters. The van der Waals surface area contributed by atoms with E-state index in [-0.39, 0.29) is 23.0 Å². The Balaban J connectivity index is 1.68. The van der Waals surface area contributed by atoms with Gasteiger partial charge in [-0.2, -0.15) is 17.5 Å². The quantitative estimate of drug-likeness (QED) is 0.821. The van der Waals surface area contributed by atoms with Gasteiger partial charge in [-0.05, 0) is 24.6 Å². The fourth-order valence-corrected chi connectivity index (χ4v) is 5.18. The van der Waals surface area contributed by atoms with Gasteiger partial charge in [-0.3, -0.25) is 0 Å². The highest BCUT2D eigenvalue weighted by molar-refractivity contribution is 7.91. The van der Waals surface area contributed by atoms with Crippen molar-refractivity contribution in [2.45, 2.75) is 23.0 Å². The molecule has 1 saturated heterocycles. The molecule has 1 aliphatic rings. The monoisotopic (exact) mass is 421 g/mol. The predicted octanol–water partition coefficient (Wildman–Crippen LogP) is 2.42. The number of piperazine rings is 1. The number of hydrogen-bond donors (Lipinski definition) is 1. The van der Waals surface area contributed by atoms with E-state index in [9.17, 15) is 26.7 Å². The topological polar surface area (TPSA) is 73.7 Å². The Bertz CT molecular complexity index is 874. The van der Waals surface area contributed by atoms with Crippen LogP contribution in [0.25, 0.3) is 0 Å². The second-order valence-corrected chi connectivity index (χ2v) is 9.31. The van der Waals surface area contributed by atoms with Crippen molar-refractivity contribution in [3.8, 4) is 0 Å². The Labute approximate surface area is 158 Å². The van der Waals surface area contributed by atoms with Crippen molar-refractivity contribution in [3.05, 3.63) is 41.4 Å². The highest BCUT2D eigenvalue weighted by Gasteiger charge is 2.51. The summed E-state index contributed by atoms with van der Waals surface area (Å²) >= 11 is 1.06. The van der Waals surface area contributed by atoms with E-state index in [1.807, 2.05) is 4.90 Å². The van der Waals surface area contributed by atoms with Crippen LogP contribution in [0.4, 0.5) is 18.9 Å². The molecule has 0 radical (unpaired) electrons. The second-order valence-electron chi connectivity index (χ2n) is 6.31. The molecule has 0 aliphatic carbocycles. The molecule has 1 fully saturated rings. The molecule has 2 aromatic rings. The number of sulfonamides is 1. The second kappa shape index (κ2) is 7.04. The first kappa shape index (κ1) is 20.1. The molecular weight excluding hydrogens is 403 g/mol. The molecule has 2 heterocycles. The van der Waals surface area contributed by atoms with Crippen molar-refractivity contribution < 1.29 is 26.7 Å². The Morgan fingerprint density at radius 3 is 2.19 bits per heavy atom. The lowest BCUT2D eigenvalue weighted by molar-refractivity contribution is -0.258. The normalized spacial score (nSPS) is 19.1. The molecule has 1 aliphatic heterocycles. The first-order chi connectivity index (χ1) is 12.5. The van der Waals surface area contributed by atoms with E-state index in [2.05, 4.69) is 4.98 Å². The van der Waals surface area contributed by atoms with Gasteiger partial charge in [0.05, 0.1) is 0 Å². The summed E-state index contributed by atoms with van der Waals surface area (Å²) in [7, 11) is -3.61. The number of halogens is 3. The van der Waals surface area contributed by atoms with Gasteiger partial charge < -0.3 is 10.0 Å². The van der Waals surface area contributed by atoms with Gasteiger partial charge in [-0.25, -0.2) is 13.4 Å². The lowest BCUT2D eigenvalue weighted by Crippen LogP contribution is -2.48. The molecule has 148 valence electrons. The Hall–Kier alpha value is -1.69. The molecule has 27 heavy (non-hydrogen) atoms. The summed E-state index contributed by atoms with van der Waals surface area (Å²) < 4.78 is 65.1. The van der Waals surface area contributed by atoms with Crippen LogP contribution in [0.15, 0.2) is 40.2 Å². The average molecular weight is 421 g/mol. The molecule has 1 aromatic carbocycles. The number of benzene rings is 1. The Morgan fingerprint density at radius 1 is 1.11 bits per heavy atom. The van der Waals surface area contributed by atoms with Gasteiger partial charge in [0, 0.05) is 43.4 Å². The standard InChI is InChI=1S/C16H18F3N3O3S2/c1-15(23,16(17,18)19)12-2-4-13(5-3-12)21-7-9-22(10-8-21)27(24,25)14-20-6-11-26-14/h2-6,11,23H,7-10H2,1H3. The minimum absolute atomic E-state index is 0.0506. The molecule has 0 bridgehead atoms. The van der Waals surface area contributed by atoms with E-state index >= 15 is 0 Å². The van der Waals surface area contributed by atoms with Crippen molar-refractivity contribution >= 4 is 27.0 Å². The van der Waals surface area contributed by atoms with Crippen LogP contribution in [0.1, 0.15) is 12.5 Å². The number of nitrogens with zero attached hydrogens (tertiary/aromatic N) is 3. The van der Waals surface area contributed by atoms with Crippen LogP contribution < -0.4 is 4.90 Å². The summed E-state index contributed by atoms with van der Waals surface area (Å²) in [5, 5.41) is 11.3. The molecule has 1 N–H and O–H groups in total. The van der Waals surface area contributed by atoms with Crippen LogP contribution >= 0.6 is 11.3 Å². The van der Waals surface area contributed by atoms with Gasteiger partial charge >= 0.3 is 6.18 Å². The maximum Gasteiger partial charge on any atom is 0.421 e. The van der Waals surface area contributed by atoms with Crippen molar-refractivity contribution in [3.63, 3.8) is 0 Å². The molecule has 11 heteroatoms. The summed E-state index contributed by atoms with van der Waals surface area (Å²) in [4.78, 5) is 5.74. The molecule has 0 spiro atoms. The summed E-state index contributed by atoms with van der Waals surface area (Å²) in [6, 6.07) is 5.48. The number of aromatic nitrogens is 1. The van der Waals surface area contributed by atoms with E-state index < -0.39 is 21.8 Å². The largest absolute Gasteiger partial charge is 0.421 e. The van der Waals surface area contributed by atoms with Gasteiger partial charge in [0.1, 0.15) is 0 Å². The average Bonchev–Trinajstić information content (AvgIpc) is 3.16. The van der Waals surface area contributed by atoms with Gasteiger partial charge in [0.25, 0.3) is 10.0 Å². The zero-order chi connectivity index (χ0) is 19.9. The number of hydrogen-bond acceptors (Lipinski definition) is 6. The first-order valence-corrected chi connectivity index (χ1v) is 10.4. The molecule has 1 unspecified atom stereocenters. The van der Waals surface area contributed by atoms with E-state index in [4.69, 9.17) is 0 Å². The van der Waals surface area contributed by atoms with Crippen LogP contribution in [-0.4, -0.2) is 55.2 Å². The van der Waals surface area contributed by atoms with Crippen molar-refractivity contribution in [1.82, 2.24) is 9.29 Å². The molecule has 6 nitrogen and oxygen atoms in total. The zero-order valence-corrected chi connectivity index (χ0v) is 16.0. The highest BCUT2D eigenvalue weighted by Crippen LogP contribution is 2.39. The number of aliphatic hydroxyl groups is 1. The minimum Gasteiger partial charge on any atom is -0.376 e. The van der Waals surface area contributed by atoms with Gasteiger partial charge in [0.15, 0.2) is 5.60 Å². The van der Waals surface area contributed by atoms with Gasteiger partial charge in [-0.1, -0.05) is 12.1 Å². The summed E-state index contributed by atoms with van der Waals surface area (Å²) in [5.41, 5.74) is -2.50. The Kier molecular flexibility index (Phi) is 5.23. The van der Waals surface area contributed by atoms with Crippen LogP contribution in [0, 0.1) is 0 Å². The number of anilines is 1. The van der Waals surface area contributed by atoms with Crippen LogP contribution in [0.3, 0.4) is 0 Å². The van der Waals surface area contributed by atoms with Crippen LogP contribution in [0.5, 0.6) is 0 Å². The van der Waals surface area contributed by atoms with E-state index in [1.165, 1.54) is 34.8 Å². The molecule has 1 aromatic heterocycles. The minimum atomic E-state index is -4.77. The van der Waals surface area contributed by atoms with E-state index in [0.29, 0.717) is 25.7 Å². The predicted molar refractivity (Wildman–Crippen MR) is 95.2 cm³/mol. The smallest absolute Gasteiger partial charge is 0.376 e. The maximum absolute atomic E-state index is 12.9. The van der Waals surface area contributed by atoms with Crippen molar-refractivity contribution in [2.75, 3.05) is 31.1 Å². The number of thiazole rings is 1. The van der Waals surface area contributed by atoms with Gasteiger partial charge in [-0.15, -0.1) is 11.3 Å². The fourth-order valence-electron chi connectivity index (χ4n) is 2.80. The third-order valence-corrected chi connectivity index (χ3v) is 7.63. The van der Waals surface area contributed by atoms with Crippen molar-refractivity contribution in [1.29, 1.82) is 0 Å². The van der Waals surface area contributed by atoms with Gasteiger partial charge in [0.2, 0.25) is 4.34 Å². The van der Waals surface area contributed by atoms with Crippen LogP contribution in [-0.2, 0) is 15.6 Å². The molecule has 0 saturated carbocycles. The molecule has 0 amide bonds. The van der Waals surface area contributed by atoms with Crippen molar-refractivity contribution in [2.24, 2.45) is 0 Å². The molecular formula is C16H18F3N3O3S2. The summed E-state index contributed by atoms with van der Waals surface area (Å²) in [5.74, 6) is 0. The first-order valence-electron chi connectivity index (χ1n) is 8.08. The summed E-state index contributed by atoms with van der Waals surface area (Å²) in [6.45, 7) is 2.03. The lowest BCUT2D eigenvalue weighted by atomic mass is 9.95. The lowest BCUT2D eigenvalue weighted by Gasteiger charge is -2.35. The van der Waals surface area contributed by atoms with Crippen LogP contribution in [0.2, 0.25) is 0 Å². The third kappa shape index (κ3) is 3.82. The SMILES string of the molecule is CC(O)(c1ccc(N2CCN(S(=O)(=O)c3nccs3)CC2)cc1)C(F)(F)F. The highest BCUT2D eigenvalue weighted by atomic mass is 32.2.